The van der Waals surface area contributed by atoms with Gasteiger partial charge in [-0.3, -0.25) is 8.63 Å². The maximum atomic E-state index is 10.6. The Hall–Kier alpha value is -0.185. The van der Waals surface area contributed by atoms with E-state index in [0.29, 0.717) is 0 Å². The molecule has 1 unspecified atom stereocenters. The summed E-state index contributed by atoms with van der Waals surface area (Å²) >= 11 is 0. The summed E-state index contributed by atoms with van der Waals surface area (Å²) in [5.41, 5.74) is 0. The highest BCUT2D eigenvalue weighted by molar-refractivity contribution is 6.43. The van der Waals surface area contributed by atoms with E-state index in [1.165, 1.54) is 0 Å². The number of hydrogen-bond acceptors (Lipinski definition) is 1. The lowest BCUT2D eigenvalue weighted by atomic mass is 10.0. The topological polar surface area (TPSA) is 20.2 Å². The van der Waals surface area contributed by atoms with Crippen molar-refractivity contribution in [2.24, 2.45) is 0 Å². The van der Waals surface area contributed by atoms with E-state index in [9.17, 15) is 13.0 Å². The summed E-state index contributed by atoms with van der Waals surface area (Å²) in [4.78, 5) is 0. The van der Waals surface area contributed by atoms with Crippen LogP contribution in [0.25, 0.3) is 0 Å². The van der Waals surface area contributed by atoms with E-state index in [2.05, 4.69) is 0 Å². The van der Waals surface area contributed by atoms with E-state index in [-0.39, 0.29) is 0 Å². The van der Waals surface area contributed by atoms with Crippen LogP contribution in [0.5, 0.6) is 0 Å². The third-order valence-corrected chi connectivity index (χ3v) is 0.208. The molecule has 0 aromatic rings. The fraction of sp³-hybridized carbons (Fsp3) is 1.00. The molecular weight excluding hydrogens is 95.8 g/mol. The first kappa shape index (κ1) is 5.81. The van der Waals surface area contributed by atoms with Crippen LogP contribution in [0.1, 0.15) is 0 Å². The van der Waals surface area contributed by atoms with Gasteiger partial charge < -0.3 is 5.11 Å². The lowest BCUT2D eigenvalue weighted by Crippen LogP contribution is -2.15. The first-order valence-corrected chi connectivity index (χ1v) is 1.25. The SMILES string of the molecule is OC(F)B(F)F. The molecule has 0 bridgehead atoms. The van der Waals surface area contributed by atoms with Crippen molar-refractivity contribution in [3.8, 4) is 0 Å². The van der Waals surface area contributed by atoms with Crippen LogP contribution >= 0.6 is 0 Å². The van der Waals surface area contributed by atoms with Crippen LogP contribution in [0.2, 0.25) is 0 Å². The fourth-order valence-corrected chi connectivity index (χ4v) is 0. The van der Waals surface area contributed by atoms with E-state index in [1.807, 2.05) is 0 Å². The second-order valence-electron chi connectivity index (χ2n) is 0.707. The van der Waals surface area contributed by atoms with Crippen LogP contribution in [-0.4, -0.2) is 18.6 Å². The van der Waals surface area contributed by atoms with Gasteiger partial charge in [-0.25, -0.2) is 4.39 Å². The Bertz CT molecular complexity index is 31.8. The Balaban J connectivity index is 2.99. The third-order valence-electron chi connectivity index (χ3n) is 0.208. The minimum atomic E-state index is -3.26. The highest BCUT2D eigenvalue weighted by Gasteiger charge is 2.23. The smallest absolute Gasteiger partial charge is 0.365 e. The van der Waals surface area contributed by atoms with Crippen molar-refractivity contribution in [3.63, 3.8) is 0 Å². The van der Waals surface area contributed by atoms with Gasteiger partial charge in [0.2, 0.25) is 6.26 Å². The van der Waals surface area contributed by atoms with Gasteiger partial charge in [-0.1, -0.05) is 0 Å². The van der Waals surface area contributed by atoms with Crippen LogP contribution < -0.4 is 0 Å². The first-order chi connectivity index (χ1) is 2.64. The molecule has 1 N–H and O–H groups in total. The van der Waals surface area contributed by atoms with Crippen LogP contribution in [0.3, 0.4) is 0 Å². The second-order valence-corrected chi connectivity index (χ2v) is 0.707. The van der Waals surface area contributed by atoms with Gasteiger partial charge in [0.25, 0.3) is 0 Å². The van der Waals surface area contributed by atoms with Crippen LogP contribution in [-0.2, 0) is 0 Å². The van der Waals surface area contributed by atoms with Crippen molar-refractivity contribution < 1.29 is 18.1 Å². The molecule has 5 heteroatoms. The molecule has 1 nitrogen and oxygen atoms in total. The molecule has 36 valence electrons. The summed E-state index contributed by atoms with van der Waals surface area (Å²) in [6.45, 7) is 0. The molecule has 0 radical (unpaired) electrons. The highest BCUT2D eigenvalue weighted by atomic mass is 19.2. The van der Waals surface area contributed by atoms with Gasteiger partial charge in [0.05, 0.1) is 0 Å². The largest absolute Gasteiger partial charge is 0.598 e. The number of hydrogen-bond donors (Lipinski definition) is 1. The van der Waals surface area contributed by atoms with Crippen molar-refractivity contribution in [1.82, 2.24) is 0 Å². The van der Waals surface area contributed by atoms with Gasteiger partial charge in [0, 0.05) is 0 Å². The van der Waals surface area contributed by atoms with Gasteiger partial charge >= 0.3 is 7.27 Å². The maximum Gasteiger partial charge on any atom is 0.598 e. The molecule has 0 rings (SSSR count). The van der Waals surface area contributed by atoms with Gasteiger partial charge in [-0.15, -0.1) is 0 Å². The Morgan fingerprint density at radius 3 is 1.67 bits per heavy atom. The molecule has 0 amide bonds. The normalized spacial score (nSPS) is 14.0. The molecule has 0 aliphatic heterocycles. The monoisotopic (exact) mass is 98.0 g/mol. The second kappa shape index (κ2) is 2.07. The Kier molecular flexibility index (Phi) is 2.01. The molecular formula is CH2BF3O. The molecule has 0 heterocycles. The van der Waals surface area contributed by atoms with E-state index < -0.39 is 13.5 Å². The van der Waals surface area contributed by atoms with E-state index in [0.717, 1.165) is 0 Å². The van der Waals surface area contributed by atoms with E-state index in [1.54, 1.807) is 0 Å². The molecule has 0 spiro atoms. The third kappa shape index (κ3) is 2.08. The number of alkyl halides is 1. The molecule has 0 saturated carbocycles. The molecule has 0 aliphatic rings. The Labute approximate surface area is 33.0 Å². The molecule has 0 aromatic heterocycles. The lowest BCUT2D eigenvalue weighted by molar-refractivity contribution is 0.0970. The van der Waals surface area contributed by atoms with Crippen molar-refractivity contribution in [2.45, 2.75) is 6.26 Å². The van der Waals surface area contributed by atoms with Gasteiger partial charge in [-0.05, 0) is 0 Å². The average molecular weight is 97.8 g/mol. The minimum absolute atomic E-state index is 2.98. The van der Waals surface area contributed by atoms with Crippen molar-refractivity contribution in [1.29, 1.82) is 0 Å². The average Bonchev–Trinajstić information content (AvgIpc) is 1.36. The zero-order chi connectivity index (χ0) is 5.15. The predicted molar refractivity (Wildman–Crippen MR) is 15.1 cm³/mol. The fourth-order valence-electron chi connectivity index (χ4n) is 0. The van der Waals surface area contributed by atoms with Gasteiger partial charge in [0.15, 0.2) is 0 Å². The van der Waals surface area contributed by atoms with E-state index in [4.69, 9.17) is 5.11 Å². The first-order valence-electron chi connectivity index (χ1n) is 1.25. The number of aliphatic hydroxyl groups is 1. The van der Waals surface area contributed by atoms with Crippen molar-refractivity contribution in [2.75, 3.05) is 0 Å². The van der Waals surface area contributed by atoms with Crippen molar-refractivity contribution in [3.05, 3.63) is 0 Å². The van der Waals surface area contributed by atoms with E-state index >= 15 is 0 Å². The number of rotatable bonds is 1. The molecule has 0 aromatic carbocycles. The summed E-state index contributed by atoms with van der Waals surface area (Å²) < 4.78 is 31.7. The number of aliphatic hydroxyl groups excluding tert-OH is 1. The summed E-state index contributed by atoms with van der Waals surface area (Å²) in [6, 6.07) is 0. The summed E-state index contributed by atoms with van der Waals surface area (Å²) in [5.74, 6) is 0. The van der Waals surface area contributed by atoms with Crippen LogP contribution in [0.15, 0.2) is 0 Å². The zero-order valence-corrected chi connectivity index (χ0v) is 2.74. The number of halogens is 3. The summed E-state index contributed by atoms with van der Waals surface area (Å²) in [7, 11) is -3.26. The van der Waals surface area contributed by atoms with Crippen LogP contribution in [0.4, 0.5) is 13.0 Å². The zero-order valence-electron chi connectivity index (χ0n) is 2.74. The molecule has 1 atom stereocenters. The Morgan fingerprint density at radius 2 is 1.67 bits per heavy atom. The molecule has 6 heavy (non-hydrogen) atoms. The van der Waals surface area contributed by atoms with Crippen molar-refractivity contribution >= 4 is 7.27 Å². The van der Waals surface area contributed by atoms with Crippen LogP contribution in [0, 0.1) is 0 Å². The highest BCUT2D eigenvalue weighted by Crippen LogP contribution is 1.93. The summed E-state index contributed by atoms with van der Waals surface area (Å²) in [6.07, 6.45) is -2.98. The Morgan fingerprint density at radius 1 is 1.50 bits per heavy atom. The van der Waals surface area contributed by atoms with Gasteiger partial charge in [0.1, 0.15) is 0 Å². The quantitative estimate of drug-likeness (QED) is 0.465. The maximum absolute atomic E-state index is 10.6. The summed E-state index contributed by atoms with van der Waals surface area (Å²) in [5, 5.41) is 7.21. The molecule has 0 aliphatic carbocycles. The lowest BCUT2D eigenvalue weighted by Gasteiger charge is -1.86. The minimum Gasteiger partial charge on any atom is -0.365 e. The molecule has 0 saturated heterocycles. The van der Waals surface area contributed by atoms with Gasteiger partial charge in [-0.2, -0.15) is 0 Å². The standard InChI is InChI=1S/CH2BF3O/c3-1(6)2(4)5/h1,6H. The predicted octanol–water partition coefficient (Wildman–Crippen LogP) is 0.241. The molecule has 0 fully saturated rings.